The number of benzene rings is 1. The van der Waals surface area contributed by atoms with E-state index in [4.69, 9.17) is 9.57 Å². The molecule has 4 heteroatoms. The van der Waals surface area contributed by atoms with Crippen molar-refractivity contribution >= 4 is 5.71 Å². The molecule has 1 fully saturated rings. The zero-order valence-electron chi connectivity index (χ0n) is 9.90. The lowest BCUT2D eigenvalue weighted by molar-refractivity contribution is -0.00190. The largest absolute Gasteiger partial charge is 0.497 e. The van der Waals surface area contributed by atoms with E-state index in [1.807, 2.05) is 24.3 Å². The second kappa shape index (κ2) is 4.04. The number of nitrogens with zero attached hydrogens (tertiary/aromatic N) is 1. The van der Waals surface area contributed by atoms with Gasteiger partial charge in [-0.1, -0.05) is 17.3 Å². The lowest BCUT2D eigenvalue weighted by Gasteiger charge is -2.18. The van der Waals surface area contributed by atoms with E-state index in [1.54, 1.807) is 7.11 Å². The van der Waals surface area contributed by atoms with Gasteiger partial charge in [0.05, 0.1) is 12.8 Å². The molecule has 90 valence electrons. The normalized spacial score (nSPS) is 27.0. The molecule has 0 aliphatic carbocycles. The van der Waals surface area contributed by atoms with Crippen molar-refractivity contribution < 1.29 is 9.57 Å². The molecule has 4 nitrogen and oxygen atoms in total. The average Bonchev–Trinajstić information content (AvgIpc) is 3.01. The maximum atomic E-state index is 5.63. The molecule has 1 aromatic carbocycles. The third-order valence-electron chi connectivity index (χ3n) is 3.45. The molecule has 3 rings (SSSR count). The summed E-state index contributed by atoms with van der Waals surface area (Å²) >= 11 is 0. The van der Waals surface area contributed by atoms with E-state index >= 15 is 0 Å². The molecule has 1 unspecified atom stereocenters. The molecule has 1 spiro atoms. The predicted molar refractivity (Wildman–Crippen MR) is 65.5 cm³/mol. The van der Waals surface area contributed by atoms with Gasteiger partial charge >= 0.3 is 0 Å². The Bertz CT molecular complexity index is 450. The van der Waals surface area contributed by atoms with Crippen LogP contribution in [0.5, 0.6) is 5.75 Å². The lowest BCUT2D eigenvalue weighted by Crippen LogP contribution is -2.31. The van der Waals surface area contributed by atoms with Gasteiger partial charge in [-0.05, 0) is 18.7 Å². The van der Waals surface area contributed by atoms with Crippen molar-refractivity contribution in [3.63, 3.8) is 0 Å². The van der Waals surface area contributed by atoms with Crippen LogP contribution >= 0.6 is 0 Å². The van der Waals surface area contributed by atoms with E-state index in [0.717, 1.165) is 43.0 Å². The van der Waals surface area contributed by atoms with Gasteiger partial charge in [0.15, 0.2) is 5.60 Å². The summed E-state index contributed by atoms with van der Waals surface area (Å²) in [4.78, 5) is 5.63. The van der Waals surface area contributed by atoms with Crippen LogP contribution in [0.25, 0.3) is 0 Å². The Morgan fingerprint density at radius 1 is 1.47 bits per heavy atom. The van der Waals surface area contributed by atoms with Crippen LogP contribution < -0.4 is 10.1 Å². The first-order valence-corrected chi connectivity index (χ1v) is 5.92. The Hall–Kier alpha value is -1.55. The van der Waals surface area contributed by atoms with Gasteiger partial charge in [-0.3, -0.25) is 0 Å². The highest BCUT2D eigenvalue weighted by atomic mass is 16.7. The first kappa shape index (κ1) is 10.6. The van der Waals surface area contributed by atoms with E-state index in [1.165, 1.54) is 0 Å². The summed E-state index contributed by atoms with van der Waals surface area (Å²) in [6, 6.07) is 7.97. The summed E-state index contributed by atoms with van der Waals surface area (Å²) in [6.07, 6.45) is 1.91. The second-order valence-corrected chi connectivity index (χ2v) is 4.65. The molecule has 1 N–H and O–H groups in total. The Morgan fingerprint density at radius 2 is 2.41 bits per heavy atom. The zero-order chi connectivity index (χ0) is 11.7. The van der Waals surface area contributed by atoms with E-state index < -0.39 is 0 Å². The minimum atomic E-state index is -0.0988. The Labute approximate surface area is 101 Å². The number of methoxy groups -OCH3 is 1. The lowest BCUT2D eigenvalue weighted by atomic mass is 9.93. The number of hydrogen-bond donors (Lipinski definition) is 1. The molecule has 0 bridgehead atoms. The number of oxime groups is 1. The summed E-state index contributed by atoms with van der Waals surface area (Å²) < 4.78 is 5.22. The van der Waals surface area contributed by atoms with Crippen LogP contribution in [0.1, 0.15) is 18.4 Å². The zero-order valence-corrected chi connectivity index (χ0v) is 9.90. The monoisotopic (exact) mass is 232 g/mol. The third-order valence-corrected chi connectivity index (χ3v) is 3.45. The van der Waals surface area contributed by atoms with Crippen LogP contribution in [0, 0.1) is 0 Å². The highest BCUT2D eigenvalue weighted by Gasteiger charge is 2.42. The first-order valence-electron chi connectivity index (χ1n) is 5.92. The highest BCUT2D eigenvalue weighted by Crippen LogP contribution is 2.32. The van der Waals surface area contributed by atoms with E-state index in [0.29, 0.717) is 0 Å². The van der Waals surface area contributed by atoms with Gasteiger partial charge < -0.3 is 14.9 Å². The molecule has 2 heterocycles. The van der Waals surface area contributed by atoms with Crippen molar-refractivity contribution in [3.8, 4) is 5.75 Å². The quantitative estimate of drug-likeness (QED) is 0.841. The van der Waals surface area contributed by atoms with Gasteiger partial charge in [0.2, 0.25) is 0 Å². The Morgan fingerprint density at radius 3 is 3.18 bits per heavy atom. The molecule has 0 aromatic heterocycles. The number of ether oxygens (including phenoxy) is 1. The third kappa shape index (κ3) is 1.89. The van der Waals surface area contributed by atoms with Crippen LogP contribution in [0.15, 0.2) is 29.4 Å². The number of hydrogen-bond acceptors (Lipinski definition) is 4. The fraction of sp³-hybridized carbons (Fsp3) is 0.462. The Kier molecular flexibility index (Phi) is 2.52. The van der Waals surface area contributed by atoms with Gasteiger partial charge in [-0.15, -0.1) is 0 Å². The van der Waals surface area contributed by atoms with Gasteiger partial charge in [0.25, 0.3) is 0 Å². The fourth-order valence-corrected chi connectivity index (χ4v) is 2.43. The van der Waals surface area contributed by atoms with Gasteiger partial charge in [0.1, 0.15) is 5.75 Å². The second-order valence-electron chi connectivity index (χ2n) is 4.65. The van der Waals surface area contributed by atoms with Crippen LogP contribution in [0.3, 0.4) is 0 Å². The molecule has 1 aromatic rings. The minimum Gasteiger partial charge on any atom is -0.497 e. The maximum Gasteiger partial charge on any atom is 0.156 e. The number of rotatable bonds is 2. The summed E-state index contributed by atoms with van der Waals surface area (Å²) in [7, 11) is 1.68. The van der Waals surface area contributed by atoms with Gasteiger partial charge in [-0.25, -0.2) is 0 Å². The van der Waals surface area contributed by atoms with Crippen LogP contribution in [0.4, 0.5) is 0 Å². The van der Waals surface area contributed by atoms with Crippen LogP contribution in [-0.4, -0.2) is 31.5 Å². The molecule has 0 radical (unpaired) electrons. The van der Waals surface area contributed by atoms with Crippen molar-refractivity contribution in [2.24, 2.45) is 5.16 Å². The molecular weight excluding hydrogens is 216 g/mol. The summed E-state index contributed by atoms with van der Waals surface area (Å²) in [6.45, 7) is 1.91. The molecular formula is C13H16N2O2. The highest BCUT2D eigenvalue weighted by molar-refractivity contribution is 6.02. The van der Waals surface area contributed by atoms with Crippen molar-refractivity contribution in [1.29, 1.82) is 0 Å². The topological polar surface area (TPSA) is 42.9 Å². The molecule has 0 amide bonds. The fourth-order valence-electron chi connectivity index (χ4n) is 2.43. The number of nitrogens with one attached hydrogen (secondary N) is 1. The first-order chi connectivity index (χ1) is 8.31. The SMILES string of the molecule is COc1cccc(C2=NOC3(CCNC3)C2)c1. The molecule has 2 aliphatic rings. The molecule has 17 heavy (non-hydrogen) atoms. The van der Waals surface area contributed by atoms with Crippen LogP contribution in [-0.2, 0) is 4.84 Å². The smallest absolute Gasteiger partial charge is 0.156 e. The molecule has 1 atom stereocenters. The van der Waals surface area contributed by atoms with Crippen LogP contribution in [0.2, 0.25) is 0 Å². The van der Waals surface area contributed by atoms with Crippen molar-refractivity contribution in [2.45, 2.75) is 18.4 Å². The van der Waals surface area contributed by atoms with Gasteiger partial charge in [-0.2, -0.15) is 0 Å². The summed E-state index contributed by atoms with van der Waals surface area (Å²) in [5.41, 5.74) is 2.01. The van der Waals surface area contributed by atoms with Crippen molar-refractivity contribution in [3.05, 3.63) is 29.8 Å². The molecule has 2 aliphatic heterocycles. The van der Waals surface area contributed by atoms with E-state index in [9.17, 15) is 0 Å². The average molecular weight is 232 g/mol. The molecule has 1 saturated heterocycles. The maximum absolute atomic E-state index is 5.63. The van der Waals surface area contributed by atoms with E-state index in [2.05, 4.69) is 10.5 Å². The Balaban J connectivity index is 1.81. The van der Waals surface area contributed by atoms with Gasteiger partial charge in [0, 0.05) is 24.9 Å². The summed E-state index contributed by atoms with van der Waals surface area (Å²) in [5.74, 6) is 0.857. The van der Waals surface area contributed by atoms with Crippen molar-refractivity contribution in [1.82, 2.24) is 5.32 Å². The minimum absolute atomic E-state index is 0.0988. The summed E-state index contributed by atoms with van der Waals surface area (Å²) in [5, 5.41) is 7.56. The van der Waals surface area contributed by atoms with E-state index in [-0.39, 0.29) is 5.60 Å². The van der Waals surface area contributed by atoms with Crippen molar-refractivity contribution in [2.75, 3.05) is 20.2 Å². The standard InChI is InChI=1S/C13H16N2O2/c1-16-11-4-2-3-10(7-11)12-8-13(17-15-12)5-6-14-9-13/h2-4,7,14H,5-6,8-9H2,1H3. The molecule has 0 saturated carbocycles. The predicted octanol–water partition coefficient (Wildman–Crippen LogP) is 1.55.